The summed E-state index contributed by atoms with van der Waals surface area (Å²) >= 11 is 0. The Kier molecular flexibility index (Phi) is 5.50. The molecule has 0 radical (unpaired) electrons. The molecule has 0 aliphatic heterocycles. The van der Waals surface area contributed by atoms with Crippen LogP contribution < -0.4 is 4.74 Å². The van der Waals surface area contributed by atoms with Crippen LogP contribution in [-0.4, -0.2) is 25.5 Å². The van der Waals surface area contributed by atoms with Crippen molar-refractivity contribution in [2.75, 3.05) is 13.7 Å². The largest absolute Gasteiger partial charge is 0.497 e. The van der Waals surface area contributed by atoms with Gasteiger partial charge in [-0.1, -0.05) is 36.4 Å². The van der Waals surface area contributed by atoms with E-state index in [9.17, 15) is 14.0 Å². The smallest absolute Gasteiger partial charge is 0.313 e. The molecule has 0 aliphatic carbocycles. The number of rotatable bonds is 6. The second kappa shape index (κ2) is 7.99. The number of esters is 1. The standard InChI is InChI=1S/C22H19FO4/c1-14(15-7-8-17-12-18(26-2)10-9-16(17)11-15)22(25)27-13-21(24)19-5-3-4-6-20(19)23/h3-12,14H,13H2,1-2H3/t14-/m0/s1. The second-order valence-corrected chi connectivity index (χ2v) is 6.20. The van der Waals surface area contributed by atoms with Crippen LogP contribution in [0.15, 0.2) is 60.7 Å². The number of ether oxygens (including phenoxy) is 2. The number of benzene rings is 3. The van der Waals surface area contributed by atoms with Gasteiger partial charge in [0.15, 0.2) is 6.61 Å². The molecule has 4 nitrogen and oxygen atoms in total. The topological polar surface area (TPSA) is 52.6 Å². The van der Waals surface area contributed by atoms with Crippen LogP contribution in [0.3, 0.4) is 0 Å². The molecule has 0 fully saturated rings. The molecule has 0 aromatic heterocycles. The summed E-state index contributed by atoms with van der Waals surface area (Å²) in [5.41, 5.74) is 0.689. The summed E-state index contributed by atoms with van der Waals surface area (Å²) in [6, 6.07) is 16.9. The van der Waals surface area contributed by atoms with Crippen LogP contribution >= 0.6 is 0 Å². The fourth-order valence-corrected chi connectivity index (χ4v) is 2.80. The van der Waals surface area contributed by atoms with Gasteiger partial charge in [0.25, 0.3) is 0 Å². The maximum atomic E-state index is 13.6. The molecule has 3 aromatic rings. The minimum absolute atomic E-state index is 0.0856. The van der Waals surface area contributed by atoms with Gasteiger partial charge >= 0.3 is 5.97 Å². The molecule has 5 heteroatoms. The summed E-state index contributed by atoms with van der Waals surface area (Å²) in [5.74, 6) is -1.53. The lowest BCUT2D eigenvalue weighted by Gasteiger charge is -2.13. The molecule has 0 bridgehead atoms. The highest BCUT2D eigenvalue weighted by Gasteiger charge is 2.20. The van der Waals surface area contributed by atoms with Crippen molar-refractivity contribution in [1.82, 2.24) is 0 Å². The first-order chi connectivity index (χ1) is 13.0. The Morgan fingerprint density at radius 1 is 1.00 bits per heavy atom. The van der Waals surface area contributed by atoms with Crippen molar-refractivity contribution >= 4 is 22.5 Å². The first kappa shape index (κ1) is 18.6. The van der Waals surface area contributed by atoms with Crippen molar-refractivity contribution < 1.29 is 23.5 Å². The third-order valence-corrected chi connectivity index (χ3v) is 4.44. The predicted molar refractivity (Wildman–Crippen MR) is 101 cm³/mol. The average Bonchev–Trinajstić information content (AvgIpc) is 2.70. The van der Waals surface area contributed by atoms with Gasteiger partial charge in [-0.15, -0.1) is 0 Å². The molecule has 0 N–H and O–H groups in total. The average molecular weight is 366 g/mol. The number of ketones is 1. The summed E-state index contributed by atoms with van der Waals surface area (Å²) in [4.78, 5) is 24.3. The highest BCUT2D eigenvalue weighted by atomic mass is 19.1. The maximum Gasteiger partial charge on any atom is 0.313 e. The number of hydrogen-bond donors (Lipinski definition) is 0. The molecule has 0 saturated heterocycles. The first-order valence-corrected chi connectivity index (χ1v) is 8.51. The van der Waals surface area contributed by atoms with E-state index in [1.165, 1.54) is 18.2 Å². The summed E-state index contributed by atoms with van der Waals surface area (Å²) in [7, 11) is 1.61. The van der Waals surface area contributed by atoms with Crippen molar-refractivity contribution in [2.24, 2.45) is 0 Å². The van der Waals surface area contributed by atoms with Crippen molar-refractivity contribution in [1.29, 1.82) is 0 Å². The molecule has 3 aromatic carbocycles. The van der Waals surface area contributed by atoms with E-state index in [1.807, 2.05) is 36.4 Å². The minimum Gasteiger partial charge on any atom is -0.497 e. The Morgan fingerprint density at radius 2 is 1.70 bits per heavy atom. The molecule has 138 valence electrons. The lowest BCUT2D eigenvalue weighted by molar-refractivity contribution is -0.143. The van der Waals surface area contributed by atoms with Crippen LogP contribution in [0.5, 0.6) is 5.75 Å². The zero-order valence-corrected chi connectivity index (χ0v) is 15.1. The van der Waals surface area contributed by atoms with Gasteiger partial charge < -0.3 is 9.47 Å². The van der Waals surface area contributed by atoms with Crippen molar-refractivity contribution in [3.05, 3.63) is 77.6 Å². The van der Waals surface area contributed by atoms with E-state index in [1.54, 1.807) is 20.1 Å². The molecule has 0 unspecified atom stereocenters. The van der Waals surface area contributed by atoms with E-state index in [0.29, 0.717) is 0 Å². The lowest BCUT2D eigenvalue weighted by Crippen LogP contribution is -2.19. The number of methoxy groups -OCH3 is 1. The van der Waals surface area contributed by atoms with E-state index in [-0.39, 0.29) is 5.56 Å². The van der Waals surface area contributed by atoms with Gasteiger partial charge in [-0.25, -0.2) is 4.39 Å². The Balaban J connectivity index is 1.69. The lowest BCUT2D eigenvalue weighted by atomic mass is 9.98. The van der Waals surface area contributed by atoms with Gasteiger partial charge in [0.05, 0.1) is 18.6 Å². The van der Waals surface area contributed by atoms with Gasteiger partial charge in [-0.05, 0) is 47.5 Å². The predicted octanol–water partition coefficient (Wildman–Crippen LogP) is 4.52. The molecular formula is C22H19FO4. The third-order valence-electron chi connectivity index (χ3n) is 4.44. The van der Waals surface area contributed by atoms with Crippen molar-refractivity contribution in [3.8, 4) is 5.75 Å². The van der Waals surface area contributed by atoms with Gasteiger partial charge in [-0.2, -0.15) is 0 Å². The fourth-order valence-electron chi connectivity index (χ4n) is 2.80. The van der Waals surface area contributed by atoms with Crippen LogP contribution in [0.4, 0.5) is 4.39 Å². The first-order valence-electron chi connectivity index (χ1n) is 8.51. The summed E-state index contributed by atoms with van der Waals surface area (Å²) in [5, 5.41) is 1.96. The quantitative estimate of drug-likeness (QED) is 0.476. The molecule has 0 heterocycles. The summed E-state index contributed by atoms with van der Waals surface area (Å²) in [6.45, 7) is 1.22. The van der Waals surface area contributed by atoms with Crippen LogP contribution in [-0.2, 0) is 9.53 Å². The number of carbonyl (C=O) groups is 2. The SMILES string of the molecule is COc1ccc2cc([C@H](C)C(=O)OCC(=O)c3ccccc3F)ccc2c1. The Morgan fingerprint density at radius 3 is 2.44 bits per heavy atom. The highest BCUT2D eigenvalue weighted by molar-refractivity contribution is 5.98. The van der Waals surface area contributed by atoms with Crippen LogP contribution in [0.25, 0.3) is 10.8 Å². The van der Waals surface area contributed by atoms with E-state index in [2.05, 4.69) is 0 Å². The highest BCUT2D eigenvalue weighted by Crippen LogP contribution is 2.25. The second-order valence-electron chi connectivity index (χ2n) is 6.20. The number of Topliss-reactive ketones (excluding diaryl/α,β-unsaturated/α-hetero) is 1. The summed E-state index contributed by atoms with van der Waals surface area (Å²) in [6.07, 6.45) is 0. The van der Waals surface area contributed by atoms with Crippen molar-refractivity contribution in [3.63, 3.8) is 0 Å². The molecule has 0 spiro atoms. The minimum atomic E-state index is -0.628. The number of carbonyl (C=O) groups excluding carboxylic acids is 2. The number of hydrogen-bond acceptors (Lipinski definition) is 4. The molecule has 3 rings (SSSR count). The van der Waals surface area contributed by atoms with Crippen LogP contribution in [0.1, 0.15) is 28.8 Å². The molecule has 0 amide bonds. The van der Waals surface area contributed by atoms with Gasteiger partial charge in [0.1, 0.15) is 11.6 Å². The molecule has 1 atom stereocenters. The van der Waals surface area contributed by atoms with E-state index >= 15 is 0 Å². The monoisotopic (exact) mass is 366 g/mol. The third kappa shape index (κ3) is 4.14. The Hall–Kier alpha value is -3.21. The number of halogens is 1. The van der Waals surface area contributed by atoms with E-state index in [0.717, 1.165) is 22.1 Å². The molecule has 27 heavy (non-hydrogen) atoms. The Bertz CT molecular complexity index is 997. The van der Waals surface area contributed by atoms with E-state index in [4.69, 9.17) is 9.47 Å². The zero-order chi connectivity index (χ0) is 19.4. The normalized spacial score (nSPS) is 11.8. The van der Waals surface area contributed by atoms with Crippen LogP contribution in [0.2, 0.25) is 0 Å². The van der Waals surface area contributed by atoms with Gasteiger partial charge in [0.2, 0.25) is 5.78 Å². The van der Waals surface area contributed by atoms with E-state index < -0.39 is 30.1 Å². The zero-order valence-electron chi connectivity index (χ0n) is 15.1. The fraction of sp³-hybridized carbons (Fsp3) is 0.182. The number of fused-ring (bicyclic) bond motifs is 1. The Labute approximate surface area is 156 Å². The van der Waals surface area contributed by atoms with Crippen LogP contribution in [0, 0.1) is 5.82 Å². The molecule has 0 saturated carbocycles. The maximum absolute atomic E-state index is 13.6. The molecule has 0 aliphatic rings. The van der Waals surface area contributed by atoms with Crippen molar-refractivity contribution in [2.45, 2.75) is 12.8 Å². The molecular weight excluding hydrogens is 347 g/mol. The van der Waals surface area contributed by atoms with Gasteiger partial charge in [0, 0.05) is 0 Å². The van der Waals surface area contributed by atoms with Gasteiger partial charge in [-0.3, -0.25) is 9.59 Å². The summed E-state index contributed by atoms with van der Waals surface area (Å²) < 4.78 is 23.9.